The quantitative estimate of drug-likeness (QED) is 0.866. The minimum Gasteiger partial charge on any atom is -0.336 e. The number of hydrogen-bond donors (Lipinski definition) is 0. The van der Waals surface area contributed by atoms with Crippen LogP contribution < -0.4 is 5.56 Å². The molecular formula is C20H24N2O2. The monoisotopic (exact) mass is 324 g/mol. The third kappa shape index (κ3) is 3.75. The molecule has 0 aliphatic carbocycles. The second-order valence-corrected chi connectivity index (χ2v) is 6.49. The Kier molecular flexibility index (Phi) is 5.14. The van der Waals surface area contributed by atoms with Crippen LogP contribution in [0.5, 0.6) is 0 Å². The first-order valence-corrected chi connectivity index (χ1v) is 8.66. The Hall–Kier alpha value is -2.36. The van der Waals surface area contributed by atoms with E-state index >= 15 is 0 Å². The van der Waals surface area contributed by atoms with Gasteiger partial charge in [-0.05, 0) is 37.8 Å². The van der Waals surface area contributed by atoms with Gasteiger partial charge in [0.1, 0.15) is 0 Å². The summed E-state index contributed by atoms with van der Waals surface area (Å²) in [4.78, 5) is 26.5. The van der Waals surface area contributed by atoms with Crippen LogP contribution in [0, 0.1) is 6.92 Å². The number of aryl methyl sites for hydroxylation is 2. The topological polar surface area (TPSA) is 42.3 Å². The van der Waals surface area contributed by atoms with Gasteiger partial charge in [0.05, 0.1) is 6.04 Å². The van der Waals surface area contributed by atoms with Crippen molar-refractivity contribution in [2.45, 2.75) is 45.2 Å². The summed E-state index contributed by atoms with van der Waals surface area (Å²) in [6.45, 7) is 3.32. The second kappa shape index (κ2) is 7.47. The van der Waals surface area contributed by atoms with Crippen molar-refractivity contribution in [2.24, 2.45) is 0 Å². The molecule has 1 atom stereocenters. The molecule has 1 saturated heterocycles. The van der Waals surface area contributed by atoms with Gasteiger partial charge in [-0.25, -0.2) is 0 Å². The van der Waals surface area contributed by atoms with Crippen molar-refractivity contribution in [1.82, 2.24) is 9.47 Å². The van der Waals surface area contributed by atoms with Crippen LogP contribution in [-0.4, -0.2) is 21.9 Å². The van der Waals surface area contributed by atoms with Crippen LogP contribution in [0.15, 0.2) is 53.5 Å². The van der Waals surface area contributed by atoms with E-state index in [9.17, 15) is 9.59 Å². The number of aromatic nitrogens is 1. The third-order valence-corrected chi connectivity index (χ3v) is 4.75. The van der Waals surface area contributed by atoms with E-state index in [1.54, 1.807) is 16.8 Å². The van der Waals surface area contributed by atoms with E-state index in [1.807, 2.05) is 11.0 Å². The minimum absolute atomic E-state index is 0.0565. The molecule has 4 heteroatoms. The average molecular weight is 324 g/mol. The van der Waals surface area contributed by atoms with Gasteiger partial charge in [-0.2, -0.15) is 0 Å². The molecule has 1 fully saturated rings. The fraction of sp³-hybridized carbons (Fsp3) is 0.400. The van der Waals surface area contributed by atoms with Crippen molar-refractivity contribution < 1.29 is 4.79 Å². The normalized spacial score (nSPS) is 17.7. The Morgan fingerprint density at radius 1 is 1.12 bits per heavy atom. The van der Waals surface area contributed by atoms with Gasteiger partial charge >= 0.3 is 0 Å². The minimum atomic E-state index is -0.0565. The van der Waals surface area contributed by atoms with Crippen LogP contribution >= 0.6 is 0 Å². The molecule has 1 aromatic carbocycles. The highest BCUT2D eigenvalue weighted by molar-refractivity contribution is 5.76. The fourth-order valence-electron chi connectivity index (χ4n) is 3.37. The molecule has 126 valence electrons. The van der Waals surface area contributed by atoms with Crippen LogP contribution in [0.25, 0.3) is 0 Å². The van der Waals surface area contributed by atoms with Crippen LogP contribution in [0.1, 0.15) is 42.9 Å². The summed E-state index contributed by atoms with van der Waals surface area (Å²) in [7, 11) is 0. The molecule has 4 nitrogen and oxygen atoms in total. The largest absolute Gasteiger partial charge is 0.336 e. The number of piperidine rings is 1. The summed E-state index contributed by atoms with van der Waals surface area (Å²) in [6.07, 6.45) is 5.33. The molecule has 1 aliphatic heterocycles. The molecule has 2 heterocycles. The van der Waals surface area contributed by atoms with Crippen molar-refractivity contribution in [2.75, 3.05) is 6.54 Å². The van der Waals surface area contributed by atoms with E-state index in [0.29, 0.717) is 13.0 Å². The van der Waals surface area contributed by atoms with Gasteiger partial charge in [-0.1, -0.05) is 35.9 Å². The van der Waals surface area contributed by atoms with Crippen molar-refractivity contribution in [3.05, 3.63) is 70.1 Å². The first-order chi connectivity index (χ1) is 11.6. The van der Waals surface area contributed by atoms with Gasteiger partial charge in [-0.3, -0.25) is 9.59 Å². The number of hydrogen-bond acceptors (Lipinski definition) is 2. The highest BCUT2D eigenvalue weighted by atomic mass is 16.2. The summed E-state index contributed by atoms with van der Waals surface area (Å²) < 4.78 is 1.60. The molecule has 0 bridgehead atoms. The first kappa shape index (κ1) is 16.5. The molecule has 0 unspecified atom stereocenters. The molecule has 0 radical (unpaired) electrons. The molecule has 1 amide bonds. The Bertz CT molecular complexity index is 749. The van der Waals surface area contributed by atoms with Crippen LogP contribution in [0.4, 0.5) is 0 Å². The number of likely N-dealkylation sites (tertiary alicyclic amines) is 1. The van der Waals surface area contributed by atoms with Gasteiger partial charge in [-0.15, -0.1) is 0 Å². The molecule has 24 heavy (non-hydrogen) atoms. The summed E-state index contributed by atoms with van der Waals surface area (Å²) in [5.41, 5.74) is 2.39. The van der Waals surface area contributed by atoms with Gasteiger partial charge in [0.25, 0.3) is 5.56 Å². The van der Waals surface area contributed by atoms with Gasteiger partial charge in [0, 0.05) is 31.8 Å². The van der Waals surface area contributed by atoms with E-state index in [4.69, 9.17) is 0 Å². The molecule has 0 saturated carbocycles. The zero-order chi connectivity index (χ0) is 16.9. The first-order valence-electron chi connectivity index (χ1n) is 8.66. The van der Waals surface area contributed by atoms with Crippen molar-refractivity contribution in [3.63, 3.8) is 0 Å². The van der Waals surface area contributed by atoms with E-state index in [-0.39, 0.29) is 17.5 Å². The Morgan fingerprint density at radius 3 is 2.67 bits per heavy atom. The Morgan fingerprint density at radius 2 is 1.92 bits per heavy atom. The molecule has 1 aromatic heterocycles. The van der Waals surface area contributed by atoms with Crippen molar-refractivity contribution in [1.29, 1.82) is 0 Å². The van der Waals surface area contributed by atoms with E-state index in [0.717, 1.165) is 25.8 Å². The van der Waals surface area contributed by atoms with Crippen LogP contribution in [-0.2, 0) is 11.3 Å². The number of nitrogens with zero attached hydrogens (tertiary/aromatic N) is 2. The Labute approximate surface area is 142 Å². The fourth-order valence-corrected chi connectivity index (χ4v) is 3.37. The number of amides is 1. The summed E-state index contributed by atoms with van der Waals surface area (Å²) in [5.74, 6) is 0.135. The molecule has 2 aromatic rings. The van der Waals surface area contributed by atoms with Gasteiger partial charge < -0.3 is 9.47 Å². The molecule has 3 rings (SSSR count). The summed E-state index contributed by atoms with van der Waals surface area (Å²) >= 11 is 0. The van der Waals surface area contributed by atoms with Gasteiger partial charge in [0.2, 0.25) is 5.91 Å². The highest BCUT2D eigenvalue weighted by Gasteiger charge is 2.27. The number of carbonyl (C=O) groups excluding carboxylic acids is 1. The maximum atomic E-state index is 12.7. The van der Waals surface area contributed by atoms with E-state index in [2.05, 4.69) is 31.2 Å². The standard InChI is InChI=1S/C20H24N2O2/c1-16-8-10-17(11-9-16)18-6-2-5-14-22(18)20(24)12-15-21-13-4-3-7-19(21)23/h3-4,7-11,13,18H,2,5-6,12,14-15H2,1H3/t18-/m1/s1. The SMILES string of the molecule is Cc1ccc([C@H]2CCCCN2C(=O)CCn2ccccc2=O)cc1. The predicted octanol–water partition coefficient (Wildman–Crippen LogP) is 3.30. The number of benzene rings is 1. The molecule has 0 N–H and O–H groups in total. The lowest BCUT2D eigenvalue weighted by atomic mass is 9.94. The molecule has 1 aliphatic rings. The Balaban J connectivity index is 1.70. The predicted molar refractivity (Wildman–Crippen MR) is 94.8 cm³/mol. The lowest BCUT2D eigenvalue weighted by Crippen LogP contribution is -2.39. The maximum absolute atomic E-state index is 12.7. The number of pyridine rings is 1. The summed E-state index contributed by atoms with van der Waals surface area (Å²) in [6, 6.07) is 13.7. The van der Waals surface area contributed by atoms with E-state index in [1.165, 1.54) is 17.2 Å². The smallest absolute Gasteiger partial charge is 0.250 e. The average Bonchev–Trinajstić information content (AvgIpc) is 2.61. The lowest BCUT2D eigenvalue weighted by molar-refractivity contribution is -0.135. The lowest BCUT2D eigenvalue weighted by Gasteiger charge is -2.36. The highest BCUT2D eigenvalue weighted by Crippen LogP contribution is 2.31. The zero-order valence-corrected chi connectivity index (χ0v) is 14.1. The maximum Gasteiger partial charge on any atom is 0.250 e. The second-order valence-electron chi connectivity index (χ2n) is 6.49. The summed E-state index contributed by atoms with van der Waals surface area (Å²) in [5, 5.41) is 0. The van der Waals surface area contributed by atoms with Gasteiger partial charge in [0.15, 0.2) is 0 Å². The third-order valence-electron chi connectivity index (χ3n) is 4.75. The molecule has 0 spiro atoms. The van der Waals surface area contributed by atoms with Crippen LogP contribution in [0.2, 0.25) is 0 Å². The molecular weight excluding hydrogens is 300 g/mol. The number of carbonyl (C=O) groups is 1. The zero-order valence-electron chi connectivity index (χ0n) is 14.1. The van der Waals surface area contributed by atoms with Crippen molar-refractivity contribution >= 4 is 5.91 Å². The van der Waals surface area contributed by atoms with E-state index < -0.39 is 0 Å². The number of rotatable bonds is 4. The van der Waals surface area contributed by atoms with Crippen molar-refractivity contribution in [3.8, 4) is 0 Å². The van der Waals surface area contributed by atoms with Crippen LogP contribution in [0.3, 0.4) is 0 Å².